The Labute approximate surface area is 318 Å². The van der Waals surface area contributed by atoms with Crippen molar-refractivity contribution in [3.8, 4) is 11.5 Å². The van der Waals surface area contributed by atoms with Crippen LogP contribution in [-0.4, -0.2) is 78.9 Å². The van der Waals surface area contributed by atoms with Gasteiger partial charge in [0.25, 0.3) is 0 Å². The fourth-order valence-electron chi connectivity index (χ4n) is 5.70. The van der Waals surface area contributed by atoms with Gasteiger partial charge in [-0.15, -0.1) is 0 Å². The summed E-state index contributed by atoms with van der Waals surface area (Å²) >= 11 is 3.47. The van der Waals surface area contributed by atoms with Crippen molar-refractivity contribution >= 4 is 64.3 Å². The van der Waals surface area contributed by atoms with Gasteiger partial charge in [-0.05, 0) is 129 Å². The zero-order valence-corrected chi connectivity index (χ0v) is 34.6. The molecule has 0 bridgehead atoms. The smallest absolute Gasteiger partial charge is 0.495 e. The normalized spacial score (nSPS) is 21.7. The van der Waals surface area contributed by atoms with Crippen LogP contribution in [0.15, 0.2) is 65.4 Å². The molecule has 0 N–H and O–H groups in total. The molecule has 7 rings (SSSR count). The Kier molecular flexibility index (Phi) is 11.3. The minimum atomic E-state index is -0.476. The molecule has 0 unspecified atom stereocenters. The van der Waals surface area contributed by atoms with Gasteiger partial charge in [0.2, 0.25) is 0 Å². The van der Waals surface area contributed by atoms with E-state index in [1.165, 1.54) is 0 Å². The number of ether oxygens (including phenoxy) is 2. The van der Waals surface area contributed by atoms with Gasteiger partial charge in [0.1, 0.15) is 11.5 Å². The van der Waals surface area contributed by atoms with E-state index in [0.29, 0.717) is 0 Å². The van der Waals surface area contributed by atoms with Crippen molar-refractivity contribution in [3.05, 3.63) is 65.4 Å². The highest BCUT2D eigenvalue weighted by Gasteiger charge is 2.63. The SMILES string of the molecule is CC1(C)OB(B2OC(C)(C)C(C)(C)O2)OC1(C)C.COc1cc(B2OC(C)(C)C(C)(C)O2)c2cccnc2c1.COc1cc(Br)c2cccnc2c1. The number of rotatable bonds is 4. The molecule has 2 aromatic carbocycles. The second-order valence-corrected chi connectivity index (χ2v) is 17.2. The summed E-state index contributed by atoms with van der Waals surface area (Å²) in [5.41, 5.74) is 0.599. The summed E-state index contributed by atoms with van der Waals surface area (Å²) in [5, 5.41) is 2.13. The van der Waals surface area contributed by atoms with Gasteiger partial charge >= 0.3 is 21.1 Å². The predicted octanol–water partition coefficient (Wildman–Crippen LogP) is 7.80. The summed E-state index contributed by atoms with van der Waals surface area (Å²) in [7, 11) is 1.93. The highest BCUT2D eigenvalue weighted by molar-refractivity contribution is 9.10. The van der Waals surface area contributed by atoms with Gasteiger partial charge in [-0.3, -0.25) is 9.97 Å². The van der Waals surface area contributed by atoms with Crippen molar-refractivity contribution in [2.75, 3.05) is 14.2 Å². The molecule has 0 radical (unpaired) electrons. The van der Waals surface area contributed by atoms with E-state index in [1.807, 2.05) is 132 Å². The van der Waals surface area contributed by atoms with Crippen LogP contribution >= 0.6 is 15.9 Å². The van der Waals surface area contributed by atoms with Crippen molar-refractivity contribution in [1.29, 1.82) is 0 Å². The van der Waals surface area contributed by atoms with Crippen molar-refractivity contribution in [1.82, 2.24) is 9.97 Å². The van der Waals surface area contributed by atoms with Gasteiger partial charge in [-0.2, -0.15) is 0 Å². The summed E-state index contributed by atoms with van der Waals surface area (Å²) < 4.78 is 47.7. The molecule has 278 valence electrons. The molecule has 2 aromatic heterocycles. The van der Waals surface area contributed by atoms with E-state index in [0.717, 1.165) is 43.2 Å². The van der Waals surface area contributed by atoms with Crippen molar-refractivity contribution in [2.45, 2.75) is 117 Å². The molecule has 4 aromatic rings. The van der Waals surface area contributed by atoms with Gasteiger partial charge in [0.05, 0.1) is 58.9 Å². The number of hydrogen-bond donors (Lipinski definition) is 0. The Morgan fingerprint density at radius 2 is 0.885 bits per heavy atom. The monoisotopic (exact) mass is 776 g/mol. The lowest BCUT2D eigenvalue weighted by atomic mass is 9.49. The van der Waals surface area contributed by atoms with Crippen LogP contribution in [0.5, 0.6) is 11.5 Å². The highest BCUT2D eigenvalue weighted by Crippen LogP contribution is 2.43. The molecule has 3 fully saturated rings. The van der Waals surface area contributed by atoms with Gasteiger partial charge in [-0.25, -0.2) is 0 Å². The molecule has 0 amide bonds. The number of pyridine rings is 2. The summed E-state index contributed by atoms with van der Waals surface area (Å²) in [6.45, 7) is 24.4. The molecule has 3 aliphatic heterocycles. The van der Waals surface area contributed by atoms with E-state index in [-0.39, 0.29) is 33.6 Å². The van der Waals surface area contributed by atoms with E-state index in [1.54, 1.807) is 26.6 Å². The van der Waals surface area contributed by atoms with Gasteiger partial charge in [0, 0.05) is 39.8 Å². The zero-order valence-electron chi connectivity index (χ0n) is 33.0. The quantitative estimate of drug-likeness (QED) is 0.191. The Bertz CT molecular complexity index is 1820. The fraction of sp³-hybridized carbons (Fsp3) is 0.526. The molecular weight excluding hydrogens is 725 g/mol. The van der Waals surface area contributed by atoms with E-state index in [4.69, 9.17) is 37.4 Å². The standard InChI is InChI=1S/C16H20BNO3.C12H24B2O4.C10H8BrNO/c1-15(2)16(3,4)21-17(20-15)13-9-11(19-5)10-14-12(13)7-6-8-18-14;1-9(2)10(3,4)16-13(15-9)14-17-11(5,6)12(7,8)18-14;1-13-7-5-9(11)8-3-2-4-12-10(8)6-7/h6-10H,1-5H3;1-8H3;2-6H,1H3. The van der Waals surface area contributed by atoms with Gasteiger partial charge in [-0.1, -0.05) is 12.1 Å². The third kappa shape index (κ3) is 8.04. The lowest BCUT2D eigenvalue weighted by Crippen LogP contribution is -2.41. The summed E-state index contributed by atoms with van der Waals surface area (Å²) in [6, 6.07) is 15.6. The lowest BCUT2D eigenvalue weighted by molar-refractivity contribution is 0.00578. The molecule has 3 saturated heterocycles. The first-order valence-corrected chi connectivity index (χ1v) is 18.4. The highest BCUT2D eigenvalue weighted by atomic mass is 79.9. The Morgan fingerprint density at radius 1 is 0.519 bits per heavy atom. The van der Waals surface area contributed by atoms with Crippen LogP contribution in [0.1, 0.15) is 83.1 Å². The molecule has 52 heavy (non-hydrogen) atoms. The minimum absolute atomic E-state index is 0.360. The number of halogens is 1. The summed E-state index contributed by atoms with van der Waals surface area (Å²) in [6.07, 6.45) is 3.55. The van der Waals surface area contributed by atoms with Gasteiger partial charge < -0.3 is 37.4 Å². The van der Waals surface area contributed by atoms with Crippen LogP contribution in [0.3, 0.4) is 0 Å². The Balaban J connectivity index is 0.000000155. The molecule has 0 aliphatic carbocycles. The van der Waals surface area contributed by atoms with Gasteiger partial charge in [0.15, 0.2) is 0 Å². The molecule has 0 atom stereocenters. The maximum absolute atomic E-state index is 6.15. The second-order valence-electron chi connectivity index (χ2n) is 16.3. The number of nitrogens with zero attached hydrogens (tertiary/aromatic N) is 2. The first kappa shape index (κ1) is 40.5. The van der Waals surface area contributed by atoms with Crippen LogP contribution in [0.4, 0.5) is 0 Å². The van der Waals surface area contributed by atoms with E-state index < -0.39 is 21.1 Å². The summed E-state index contributed by atoms with van der Waals surface area (Å²) in [4.78, 5) is 8.64. The number of benzene rings is 2. The molecule has 3 aliphatic rings. The molecule has 14 heteroatoms. The number of hydrogen-bond acceptors (Lipinski definition) is 10. The van der Waals surface area contributed by atoms with Crippen molar-refractivity contribution in [2.24, 2.45) is 0 Å². The van der Waals surface area contributed by atoms with E-state index in [9.17, 15) is 0 Å². The van der Waals surface area contributed by atoms with Crippen LogP contribution in [0.25, 0.3) is 21.8 Å². The molecular formula is C38H52B3BrN2O8. The molecule has 0 saturated carbocycles. The summed E-state index contributed by atoms with van der Waals surface area (Å²) in [5.74, 6) is 1.57. The number of methoxy groups -OCH3 is 2. The molecule has 10 nitrogen and oxygen atoms in total. The van der Waals surface area contributed by atoms with Crippen LogP contribution in [-0.2, 0) is 27.9 Å². The average molecular weight is 777 g/mol. The topological polar surface area (TPSA) is 99.6 Å². The molecule has 0 spiro atoms. The predicted molar refractivity (Wildman–Crippen MR) is 212 cm³/mol. The Hall–Kier alpha value is -2.71. The largest absolute Gasteiger partial charge is 0.497 e. The van der Waals surface area contributed by atoms with E-state index in [2.05, 4.69) is 25.9 Å². The van der Waals surface area contributed by atoms with E-state index >= 15 is 0 Å². The maximum Gasteiger partial charge on any atom is 0.495 e. The first-order valence-electron chi connectivity index (χ1n) is 17.6. The second kappa shape index (κ2) is 14.5. The van der Waals surface area contributed by atoms with Crippen molar-refractivity contribution in [3.63, 3.8) is 0 Å². The first-order chi connectivity index (χ1) is 24.0. The fourth-order valence-corrected chi connectivity index (χ4v) is 6.26. The lowest BCUT2D eigenvalue weighted by Gasteiger charge is -2.32. The zero-order chi connectivity index (χ0) is 38.5. The third-order valence-electron chi connectivity index (χ3n) is 11.1. The van der Waals surface area contributed by atoms with Crippen LogP contribution in [0.2, 0.25) is 0 Å². The average Bonchev–Trinajstić information content (AvgIpc) is 3.53. The third-order valence-corrected chi connectivity index (χ3v) is 11.8. The number of aromatic nitrogens is 2. The Morgan fingerprint density at radius 3 is 1.31 bits per heavy atom. The van der Waals surface area contributed by atoms with Crippen LogP contribution < -0.4 is 14.9 Å². The van der Waals surface area contributed by atoms with Crippen molar-refractivity contribution < 1.29 is 37.4 Å². The number of fused-ring (bicyclic) bond motifs is 2. The minimum Gasteiger partial charge on any atom is -0.497 e. The van der Waals surface area contributed by atoms with Crippen LogP contribution in [0, 0.1) is 0 Å². The molecule has 5 heterocycles. The maximum atomic E-state index is 6.15.